The molecule has 102 valence electrons. The molecule has 0 aromatic heterocycles. The molecule has 1 aromatic rings. The molecule has 0 aliphatic heterocycles. The zero-order chi connectivity index (χ0) is 14.1. The number of hydrogen-bond donors (Lipinski definition) is 2. The Balaban J connectivity index is 2.45. The fourth-order valence-corrected chi connectivity index (χ4v) is 1.25. The molecule has 0 saturated heterocycles. The van der Waals surface area contributed by atoms with Gasteiger partial charge in [0.1, 0.15) is 12.4 Å². The Labute approximate surface area is 110 Å². The number of aliphatic carboxylic acids is 1. The third-order valence-electron chi connectivity index (χ3n) is 2.03. The number of nitrogens with one attached hydrogen (secondary N) is 1. The third kappa shape index (κ3) is 6.11. The van der Waals surface area contributed by atoms with Crippen molar-refractivity contribution < 1.29 is 24.2 Å². The summed E-state index contributed by atoms with van der Waals surface area (Å²) in [7, 11) is 0. The lowest BCUT2D eigenvalue weighted by Gasteiger charge is -2.07. The Kier molecular flexibility index (Phi) is 5.94. The minimum Gasteiger partial charge on any atom is -0.482 e. The average Bonchev–Trinajstić information content (AvgIpc) is 2.41. The molecule has 6 nitrogen and oxygen atoms in total. The molecule has 0 radical (unpaired) electrons. The molecule has 0 atom stereocenters. The molecule has 0 saturated carbocycles. The van der Waals surface area contributed by atoms with Crippen LogP contribution < -0.4 is 10.1 Å². The number of ether oxygens (including phenoxy) is 2. The van der Waals surface area contributed by atoms with Crippen molar-refractivity contribution >= 4 is 12.1 Å². The van der Waals surface area contributed by atoms with Gasteiger partial charge in [-0.15, -0.1) is 0 Å². The maximum atomic E-state index is 11.2. The van der Waals surface area contributed by atoms with Gasteiger partial charge in [-0.3, -0.25) is 0 Å². The largest absolute Gasteiger partial charge is 0.482 e. The van der Waals surface area contributed by atoms with Crippen LogP contribution in [0.5, 0.6) is 5.75 Å². The maximum Gasteiger partial charge on any atom is 0.407 e. The highest BCUT2D eigenvalue weighted by Crippen LogP contribution is 2.13. The number of alkyl carbamates (subject to hydrolysis) is 1. The van der Waals surface area contributed by atoms with Crippen molar-refractivity contribution in [3.05, 3.63) is 42.5 Å². The van der Waals surface area contributed by atoms with Crippen LogP contribution in [0.25, 0.3) is 0 Å². The normalized spacial score (nSPS) is 9.47. The first-order valence-corrected chi connectivity index (χ1v) is 5.57. The van der Waals surface area contributed by atoms with Gasteiger partial charge in [-0.2, -0.15) is 0 Å². The standard InChI is InChI=1S/C13H15NO5/c1-2-6-18-13(17)14-8-10-4-3-5-11(7-10)19-9-12(15)16/h2-5,7H,1,6,8-9H2,(H,14,17)(H,15,16). The molecule has 0 aliphatic rings. The highest BCUT2D eigenvalue weighted by molar-refractivity contribution is 5.68. The number of rotatable bonds is 7. The van der Waals surface area contributed by atoms with Crippen LogP contribution in [-0.2, 0) is 16.1 Å². The molecule has 6 heteroatoms. The maximum absolute atomic E-state index is 11.2. The van der Waals surface area contributed by atoms with Gasteiger partial charge in [0.05, 0.1) is 0 Å². The molecule has 0 heterocycles. The van der Waals surface area contributed by atoms with Crippen molar-refractivity contribution in [2.75, 3.05) is 13.2 Å². The number of benzene rings is 1. The van der Waals surface area contributed by atoms with Crippen LogP contribution in [0, 0.1) is 0 Å². The van der Waals surface area contributed by atoms with Gasteiger partial charge in [0.25, 0.3) is 0 Å². The van der Waals surface area contributed by atoms with Gasteiger partial charge in [-0.25, -0.2) is 9.59 Å². The zero-order valence-electron chi connectivity index (χ0n) is 10.3. The number of carbonyl (C=O) groups excluding carboxylic acids is 1. The van der Waals surface area contributed by atoms with Gasteiger partial charge >= 0.3 is 12.1 Å². The van der Waals surface area contributed by atoms with Crippen LogP contribution in [0.3, 0.4) is 0 Å². The quantitative estimate of drug-likeness (QED) is 0.731. The molecular formula is C13H15NO5. The zero-order valence-corrected chi connectivity index (χ0v) is 10.3. The molecule has 0 aliphatic carbocycles. The van der Waals surface area contributed by atoms with Crippen LogP contribution in [0.15, 0.2) is 36.9 Å². The van der Waals surface area contributed by atoms with Crippen LogP contribution >= 0.6 is 0 Å². The summed E-state index contributed by atoms with van der Waals surface area (Å²) in [4.78, 5) is 21.6. The lowest BCUT2D eigenvalue weighted by Crippen LogP contribution is -2.23. The summed E-state index contributed by atoms with van der Waals surface area (Å²) in [5.41, 5.74) is 0.776. The molecule has 2 N–H and O–H groups in total. The minimum absolute atomic E-state index is 0.146. The monoisotopic (exact) mass is 265 g/mol. The van der Waals surface area contributed by atoms with E-state index in [0.29, 0.717) is 5.75 Å². The van der Waals surface area contributed by atoms with E-state index in [1.54, 1.807) is 24.3 Å². The predicted octanol–water partition coefficient (Wildman–Crippen LogP) is 1.56. The highest BCUT2D eigenvalue weighted by Gasteiger charge is 2.03. The van der Waals surface area contributed by atoms with Crippen molar-refractivity contribution in [3.63, 3.8) is 0 Å². The molecular weight excluding hydrogens is 250 g/mol. The summed E-state index contributed by atoms with van der Waals surface area (Å²) in [6.07, 6.45) is 0.927. The van der Waals surface area contributed by atoms with E-state index in [1.165, 1.54) is 6.08 Å². The Hall–Kier alpha value is -2.50. The van der Waals surface area contributed by atoms with E-state index in [4.69, 9.17) is 14.6 Å². The van der Waals surface area contributed by atoms with Gasteiger partial charge in [0.15, 0.2) is 6.61 Å². The molecule has 0 unspecified atom stereocenters. The number of amides is 1. The summed E-state index contributed by atoms with van der Waals surface area (Å²) >= 11 is 0. The van der Waals surface area contributed by atoms with Gasteiger partial charge in [-0.1, -0.05) is 24.8 Å². The van der Waals surface area contributed by atoms with Crippen LogP contribution in [0.4, 0.5) is 4.79 Å². The van der Waals surface area contributed by atoms with Gasteiger partial charge in [0, 0.05) is 6.54 Å². The summed E-state index contributed by atoms with van der Waals surface area (Å²) < 4.78 is 9.77. The summed E-state index contributed by atoms with van der Waals surface area (Å²) in [5, 5.41) is 11.0. The first kappa shape index (κ1) is 14.6. The van der Waals surface area contributed by atoms with E-state index >= 15 is 0 Å². The van der Waals surface area contributed by atoms with Gasteiger partial charge < -0.3 is 19.9 Å². The fraction of sp³-hybridized carbons (Fsp3) is 0.231. The second-order valence-corrected chi connectivity index (χ2v) is 3.57. The Morgan fingerprint density at radius 1 is 1.42 bits per heavy atom. The highest BCUT2D eigenvalue weighted by atomic mass is 16.5. The minimum atomic E-state index is -1.04. The van der Waals surface area contributed by atoms with Gasteiger partial charge in [-0.05, 0) is 17.7 Å². The molecule has 1 aromatic carbocycles. The average molecular weight is 265 g/mol. The molecule has 1 rings (SSSR count). The van der Waals surface area contributed by atoms with E-state index in [2.05, 4.69) is 11.9 Å². The first-order valence-electron chi connectivity index (χ1n) is 5.57. The molecule has 1 amide bonds. The van der Waals surface area contributed by atoms with E-state index in [1.807, 2.05) is 0 Å². The first-order chi connectivity index (χ1) is 9.11. The second kappa shape index (κ2) is 7.75. The SMILES string of the molecule is C=CCOC(=O)NCc1cccc(OCC(=O)O)c1. The summed E-state index contributed by atoms with van der Waals surface area (Å²) in [6.45, 7) is 3.43. The Bertz CT molecular complexity index is 458. The molecule has 0 fully saturated rings. The number of hydrogen-bond acceptors (Lipinski definition) is 4. The van der Waals surface area contributed by atoms with E-state index in [9.17, 15) is 9.59 Å². The van der Waals surface area contributed by atoms with Crippen molar-refractivity contribution in [1.29, 1.82) is 0 Å². The third-order valence-corrected chi connectivity index (χ3v) is 2.03. The predicted molar refractivity (Wildman–Crippen MR) is 68.0 cm³/mol. The van der Waals surface area contributed by atoms with E-state index < -0.39 is 18.7 Å². The van der Waals surface area contributed by atoms with Crippen LogP contribution in [0.2, 0.25) is 0 Å². The Morgan fingerprint density at radius 3 is 2.89 bits per heavy atom. The lowest BCUT2D eigenvalue weighted by molar-refractivity contribution is -0.139. The van der Waals surface area contributed by atoms with Crippen molar-refractivity contribution in [2.45, 2.75) is 6.54 Å². The molecule has 0 spiro atoms. The summed E-state index contributed by atoms with van der Waals surface area (Å²) in [5.74, 6) is -0.613. The van der Waals surface area contributed by atoms with E-state index in [-0.39, 0.29) is 13.2 Å². The van der Waals surface area contributed by atoms with Crippen LogP contribution in [-0.4, -0.2) is 30.4 Å². The smallest absolute Gasteiger partial charge is 0.407 e. The number of carboxylic acid groups (broad SMARTS) is 1. The second-order valence-electron chi connectivity index (χ2n) is 3.57. The number of carbonyl (C=O) groups is 2. The van der Waals surface area contributed by atoms with Crippen molar-refractivity contribution in [2.24, 2.45) is 0 Å². The Morgan fingerprint density at radius 2 is 2.21 bits per heavy atom. The topological polar surface area (TPSA) is 84.9 Å². The van der Waals surface area contributed by atoms with Gasteiger partial charge in [0.2, 0.25) is 0 Å². The fourth-order valence-electron chi connectivity index (χ4n) is 1.25. The molecule has 19 heavy (non-hydrogen) atoms. The summed E-state index contributed by atoms with van der Waals surface area (Å²) in [6, 6.07) is 6.78. The van der Waals surface area contributed by atoms with Crippen molar-refractivity contribution in [1.82, 2.24) is 5.32 Å². The van der Waals surface area contributed by atoms with Crippen LogP contribution in [0.1, 0.15) is 5.56 Å². The lowest BCUT2D eigenvalue weighted by atomic mass is 10.2. The number of carboxylic acids is 1. The molecule has 0 bridgehead atoms. The van der Waals surface area contributed by atoms with E-state index in [0.717, 1.165) is 5.56 Å². The van der Waals surface area contributed by atoms with Crippen molar-refractivity contribution in [3.8, 4) is 5.75 Å².